The Morgan fingerprint density at radius 1 is 0.548 bits per heavy atom. The van der Waals surface area contributed by atoms with Crippen molar-refractivity contribution in [2.75, 3.05) is 40.9 Å². The summed E-state index contributed by atoms with van der Waals surface area (Å²) in [6, 6.07) is -0.872. The highest BCUT2D eigenvalue weighted by atomic mass is 31.2. The van der Waals surface area contributed by atoms with Crippen molar-refractivity contribution in [3.05, 3.63) is 60.8 Å². The van der Waals surface area contributed by atoms with E-state index in [2.05, 4.69) is 67.8 Å². The molecule has 0 rings (SSSR count). The molecule has 0 aliphatic carbocycles. The predicted molar refractivity (Wildman–Crippen MR) is 267 cm³/mol. The number of allylic oxidation sites excluding steroid dienone is 9. The molecular weight excluding hydrogens is 792 g/mol. The van der Waals surface area contributed by atoms with Crippen LogP contribution in [0.5, 0.6) is 0 Å². The highest BCUT2D eigenvalue weighted by Gasteiger charge is 2.27. The third-order valence-corrected chi connectivity index (χ3v) is 12.2. The summed E-state index contributed by atoms with van der Waals surface area (Å²) in [4.78, 5) is 23.2. The predicted octanol–water partition coefficient (Wildman–Crippen LogP) is 15.0. The Bertz CT molecular complexity index is 1190. The molecule has 0 fully saturated rings. The van der Waals surface area contributed by atoms with E-state index in [-0.39, 0.29) is 19.1 Å². The number of nitrogens with zero attached hydrogens (tertiary/aromatic N) is 1. The number of nitrogens with one attached hydrogen (secondary N) is 1. The van der Waals surface area contributed by atoms with Crippen molar-refractivity contribution in [3.8, 4) is 0 Å². The Labute approximate surface area is 383 Å². The molecular formula is C53H100N2O6P+. The van der Waals surface area contributed by atoms with E-state index < -0.39 is 20.0 Å². The zero-order valence-corrected chi connectivity index (χ0v) is 42.0. The summed E-state index contributed by atoms with van der Waals surface area (Å²) in [7, 11) is 1.54. The third-order valence-electron chi connectivity index (χ3n) is 11.2. The summed E-state index contributed by atoms with van der Waals surface area (Å²) in [5, 5.41) is 13.9. The monoisotopic (exact) mass is 892 g/mol. The van der Waals surface area contributed by atoms with Crippen LogP contribution in [0.3, 0.4) is 0 Å². The average molecular weight is 892 g/mol. The van der Waals surface area contributed by atoms with Crippen LogP contribution in [0.2, 0.25) is 0 Å². The van der Waals surface area contributed by atoms with Gasteiger partial charge >= 0.3 is 7.82 Å². The molecule has 9 heteroatoms. The van der Waals surface area contributed by atoms with E-state index in [4.69, 9.17) is 9.05 Å². The van der Waals surface area contributed by atoms with E-state index in [1.165, 1.54) is 148 Å². The number of phosphoric acid groups is 1. The van der Waals surface area contributed by atoms with Gasteiger partial charge in [-0.15, -0.1) is 0 Å². The van der Waals surface area contributed by atoms with Gasteiger partial charge in [0, 0.05) is 6.42 Å². The molecule has 1 amide bonds. The van der Waals surface area contributed by atoms with Crippen LogP contribution < -0.4 is 5.32 Å². The second-order valence-electron chi connectivity index (χ2n) is 18.5. The second-order valence-corrected chi connectivity index (χ2v) is 20.0. The minimum absolute atomic E-state index is 0.0514. The Kier molecular flexibility index (Phi) is 43.1. The molecule has 0 saturated heterocycles. The zero-order chi connectivity index (χ0) is 45.7. The number of rotatable bonds is 46. The minimum atomic E-state index is -4.36. The summed E-state index contributed by atoms with van der Waals surface area (Å²) in [5.41, 5.74) is 0. The van der Waals surface area contributed by atoms with Crippen LogP contribution in [0, 0.1) is 0 Å². The number of phosphoric ester groups is 1. The number of likely N-dealkylation sites (N-methyl/N-ethyl adjacent to an activating group) is 1. The standard InChI is InChI=1S/C53H99N2O6P/c1-6-8-10-12-14-16-18-20-22-24-25-26-27-28-29-31-33-35-37-39-41-43-45-47-53(57)54-51(50-61-62(58,59)60-49-48-55(3,4)5)52(56)46-44-42-40-38-36-34-32-30-23-21-19-17-15-13-11-9-7-2/h18,20,23-25,30,36,38,44,46,51-52,56H,6-17,19,21-22,26-29,31-35,37,39-43,45,47-50H2,1-5H3,(H-,54,57,58,59)/p+1/b20-18-,25-24-,30-23+,38-36+,46-44+. The number of hydrogen-bond donors (Lipinski definition) is 3. The van der Waals surface area contributed by atoms with Crippen molar-refractivity contribution in [1.29, 1.82) is 0 Å². The Morgan fingerprint density at radius 3 is 1.39 bits per heavy atom. The summed E-state index contributed by atoms with van der Waals surface area (Å²) in [6.07, 6.45) is 58.7. The van der Waals surface area contributed by atoms with Gasteiger partial charge in [-0.3, -0.25) is 13.8 Å². The summed E-state index contributed by atoms with van der Waals surface area (Å²) in [6.45, 7) is 4.77. The Hall–Kier alpha value is -1.80. The number of carbonyl (C=O) groups excluding carboxylic acids is 1. The first kappa shape index (κ1) is 60.2. The highest BCUT2D eigenvalue weighted by Crippen LogP contribution is 2.43. The van der Waals surface area contributed by atoms with Crippen molar-refractivity contribution >= 4 is 13.7 Å². The van der Waals surface area contributed by atoms with E-state index in [0.29, 0.717) is 17.4 Å². The van der Waals surface area contributed by atoms with E-state index >= 15 is 0 Å². The van der Waals surface area contributed by atoms with Gasteiger partial charge < -0.3 is 19.8 Å². The molecule has 3 N–H and O–H groups in total. The molecule has 0 aromatic rings. The maximum atomic E-state index is 12.9. The van der Waals surface area contributed by atoms with Gasteiger partial charge in [-0.2, -0.15) is 0 Å². The van der Waals surface area contributed by atoms with Crippen molar-refractivity contribution < 1.29 is 32.9 Å². The van der Waals surface area contributed by atoms with Crippen LogP contribution in [-0.2, 0) is 18.4 Å². The fourth-order valence-corrected chi connectivity index (χ4v) is 7.84. The van der Waals surface area contributed by atoms with Crippen LogP contribution in [-0.4, -0.2) is 73.4 Å². The molecule has 0 saturated carbocycles. The van der Waals surface area contributed by atoms with E-state index in [0.717, 1.165) is 51.4 Å². The van der Waals surface area contributed by atoms with Crippen LogP contribution in [0.4, 0.5) is 0 Å². The normalized spacial score (nSPS) is 14.6. The fraction of sp³-hybridized carbons (Fsp3) is 0.792. The summed E-state index contributed by atoms with van der Waals surface area (Å²) < 4.78 is 23.6. The average Bonchev–Trinajstić information content (AvgIpc) is 3.23. The van der Waals surface area contributed by atoms with Gasteiger partial charge in [0.25, 0.3) is 0 Å². The molecule has 0 spiro atoms. The van der Waals surface area contributed by atoms with Crippen molar-refractivity contribution in [3.63, 3.8) is 0 Å². The molecule has 3 unspecified atom stereocenters. The van der Waals surface area contributed by atoms with Gasteiger partial charge in [0.1, 0.15) is 13.2 Å². The molecule has 0 heterocycles. The fourth-order valence-electron chi connectivity index (χ4n) is 7.10. The maximum Gasteiger partial charge on any atom is 0.472 e. The van der Waals surface area contributed by atoms with E-state index in [1.807, 2.05) is 27.2 Å². The molecule has 0 bridgehead atoms. The third kappa shape index (κ3) is 46.2. The van der Waals surface area contributed by atoms with Crippen LogP contribution in [0.15, 0.2) is 60.8 Å². The lowest BCUT2D eigenvalue weighted by atomic mass is 10.0. The summed E-state index contributed by atoms with van der Waals surface area (Å²) >= 11 is 0. The lowest BCUT2D eigenvalue weighted by Crippen LogP contribution is -2.45. The topological polar surface area (TPSA) is 105 Å². The van der Waals surface area contributed by atoms with Gasteiger partial charge in [0.2, 0.25) is 5.91 Å². The first-order valence-electron chi connectivity index (χ1n) is 25.7. The number of quaternary nitrogens is 1. The van der Waals surface area contributed by atoms with Crippen LogP contribution >= 0.6 is 7.82 Å². The SMILES string of the molecule is CCCCCCC/C=C\C/C=C\CCCCCCCCCCCCCC(=O)NC(COP(=O)(O)OCC[N+](C)(C)C)C(O)/C=C/CC/C=C/CC/C=C/CCCCCCCCC. The minimum Gasteiger partial charge on any atom is -0.387 e. The van der Waals surface area contributed by atoms with Gasteiger partial charge in [-0.05, 0) is 77.0 Å². The zero-order valence-electron chi connectivity index (χ0n) is 41.1. The smallest absolute Gasteiger partial charge is 0.387 e. The van der Waals surface area contributed by atoms with Gasteiger partial charge in [0.05, 0.1) is 39.9 Å². The molecule has 0 radical (unpaired) electrons. The van der Waals surface area contributed by atoms with Crippen molar-refractivity contribution in [2.45, 2.75) is 231 Å². The molecule has 8 nitrogen and oxygen atoms in total. The molecule has 0 aliphatic heterocycles. The van der Waals surface area contributed by atoms with E-state index in [1.54, 1.807) is 6.08 Å². The second kappa shape index (κ2) is 44.4. The van der Waals surface area contributed by atoms with Gasteiger partial charge in [0.15, 0.2) is 0 Å². The lowest BCUT2D eigenvalue weighted by molar-refractivity contribution is -0.870. The molecule has 62 heavy (non-hydrogen) atoms. The number of aliphatic hydroxyl groups is 1. The maximum absolute atomic E-state index is 12.9. The highest BCUT2D eigenvalue weighted by molar-refractivity contribution is 7.47. The van der Waals surface area contributed by atoms with Gasteiger partial charge in [-0.1, -0.05) is 197 Å². The number of hydrogen-bond acceptors (Lipinski definition) is 5. The first-order valence-corrected chi connectivity index (χ1v) is 27.2. The van der Waals surface area contributed by atoms with Crippen molar-refractivity contribution in [2.24, 2.45) is 0 Å². The first-order chi connectivity index (χ1) is 30.0. The molecule has 0 aromatic heterocycles. The quantitative estimate of drug-likeness (QED) is 0.0243. The Balaban J connectivity index is 4.36. The Morgan fingerprint density at radius 2 is 0.935 bits per heavy atom. The summed E-state index contributed by atoms with van der Waals surface area (Å²) in [5.74, 6) is -0.194. The number of amides is 1. The van der Waals surface area contributed by atoms with Gasteiger partial charge in [-0.25, -0.2) is 4.57 Å². The lowest BCUT2D eigenvalue weighted by Gasteiger charge is -2.25. The van der Waals surface area contributed by atoms with Crippen LogP contribution in [0.1, 0.15) is 219 Å². The number of aliphatic hydroxyl groups excluding tert-OH is 1. The largest absolute Gasteiger partial charge is 0.472 e. The van der Waals surface area contributed by atoms with Crippen LogP contribution in [0.25, 0.3) is 0 Å². The molecule has 3 atom stereocenters. The number of unbranched alkanes of at least 4 members (excludes halogenated alkanes) is 25. The van der Waals surface area contributed by atoms with Crippen molar-refractivity contribution in [1.82, 2.24) is 5.32 Å². The molecule has 0 aromatic carbocycles. The molecule has 362 valence electrons. The van der Waals surface area contributed by atoms with E-state index in [9.17, 15) is 19.4 Å². The number of carbonyl (C=O) groups is 1. The molecule has 0 aliphatic rings.